The van der Waals surface area contributed by atoms with Gasteiger partial charge in [0.2, 0.25) is 0 Å². The van der Waals surface area contributed by atoms with Crippen molar-refractivity contribution in [1.29, 1.82) is 0 Å². The highest BCUT2D eigenvalue weighted by Crippen LogP contribution is 2.33. The summed E-state index contributed by atoms with van der Waals surface area (Å²) >= 11 is 12.0. The van der Waals surface area contributed by atoms with Gasteiger partial charge >= 0.3 is 0 Å². The van der Waals surface area contributed by atoms with Gasteiger partial charge in [0.1, 0.15) is 5.75 Å². The highest BCUT2D eigenvalue weighted by molar-refractivity contribution is 6.35. The van der Waals surface area contributed by atoms with Crippen molar-refractivity contribution >= 4 is 41.5 Å². The Morgan fingerprint density at radius 2 is 2.11 bits per heavy atom. The van der Waals surface area contributed by atoms with Crippen LogP contribution in [-0.4, -0.2) is 18.6 Å². The molecule has 19 heavy (non-hydrogen) atoms. The van der Waals surface area contributed by atoms with Gasteiger partial charge in [0.05, 0.1) is 5.02 Å². The minimum absolute atomic E-state index is 0. The van der Waals surface area contributed by atoms with Crippen molar-refractivity contribution in [2.45, 2.75) is 25.4 Å². The van der Waals surface area contributed by atoms with Gasteiger partial charge in [0, 0.05) is 23.2 Å². The van der Waals surface area contributed by atoms with Gasteiger partial charge in [0.15, 0.2) is 6.61 Å². The van der Waals surface area contributed by atoms with Crippen LogP contribution in [0.25, 0.3) is 0 Å². The zero-order valence-corrected chi connectivity index (χ0v) is 12.4. The summed E-state index contributed by atoms with van der Waals surface area (Å²) in [6.45, 7) is 0.414. The Kier molecular flexibility index (Phi) is 6.20. The fraction of sp³-hybridized carbons (Fsp3) is 0.417. The molecule has 0 aromatic heterocycles. The highest BCUT2D eigenvalue weighted by atomic mass is 35.5. The Balaban J connectivity index is 0.00000180. The van der Waals surface area contributed by atoms with E-state index in [0.717, 1.165) is 5.56 Å². The van der Waals surface area contributed by atoms with Crippen LogP contribution in [0.4, 0.5) is 0 Å². The summed E-state index contributed by atoms with van der Waals surface area (Å²) in [7, 11) is 0. The fourth-order valence-electron chi connectivity index (χ4n) is 1.59. The van der Waals surface area contributed by atoms with Crippen LogP contribution in [-0.2, 0) is 11.3 Å². The van der Waals surface area contributed by atoms with Crippen LogP contribution in [0.15, 0.2) is 12.1 Å². The van der Waals surface area contributed by atoms with Crippen LogP contribution in [0.2, 0.25) is 10.0 Å². The second kappa shape index (κ2) is 7.20. The Morgan fingerprint density at radius 1 is 1.42 bits per heavy atom. The van der Waals surface area contributed by atoms with Crippen LogP contribution in [0, 0.1) is 0 Å². The molecule has 0 saturated heterocycles. The van der Waals surface area contributed by atoms with Gasteiger partial charge in [-0.1, -0.05) is 23.2 Å². The van der Waals surface area contributed by atoms with E-state index in [0.29, 0.717) is 28.4 Å². The number of hydrogen-bond donors (Lipinski definition) is 2. The van der Waals surface area contributed by atoms with Crippen LogP contribution in [0.1, 0.15) is 18.4 Å². The fourth-order valence-corrected chi connectivity index (χ4v) is 2.18. The summed E-state index contributed by atoms with van der Waals surface area (Å²) in [4.78, 5) is 10.8. The molecule has 1 amide bonds. The Labute approximate surface area is 128 Å². The number of carbonyl (C=O) groups is 1. The van der Waals surface area contributed by atoms with Gasteiger partial charge < -0.3 is 15.8 Å². The maximum Gasteiger partial charge on any atom is 0.255 e. The molecule has 0 atom stereocenters. The average Bonchev–Trinajstić information content (AvgIpc) is 3.08. The molecule has 1 aliphatic carbocycles. The molecule has 3 N–H and O–H groups in total. The standard InChI is InChI=1S/C12H14Cl2N2O2.ClH/c13-8-3-7(5-16-9-1-2-9)12(10(14)4-8)18-6-11(15)17;/h3-4,9,16H,1-2,5-6H2,(H2,15,17);1H. The highest BCUT2D eigenvalue weighted by Gasteiger charge is 2.21. The number of benzene rings is 1. The van der Waals surface area contributed by atoms with Crippen molar-refractivity contribution in [1.82, 2.24) is 5.32 Å². The third kappa shape index (κ3) is 5.07. The number of hydrogen-bond acceptors (Lipinski definition) is 3. The van der Waals surface area contributed by atoms with Crippen LogP contribution >= 0.6 is 35.6 Å². The number of primary amides is 1. The Hall–Kier alpha value is -0.680. The number of amides is 1. The van der Waals surface area contributed by atoms with Gasteiger partial charge in [0.25, 0.3) is 5.91 Å². The molecular weight excluding hydrogens is 311 g/mol. The topological polar surface area (TPSA) is 64.4 Å². The molecule has 1 aliphatic rings. The predicted octanol–water partition coefficient (Wildman–Crippen LogP) is 2.53. The Bertz CT molecular complexity index is 465. The Morgan fingerprint density at radius 3 is 2.68 bits per heavy atom. The molecule has 7 heteroatoms. The molecule has 0 radical (unpaired) electrons. The molecule has 2 rings (SSSR count). The summed E-state index contributed by atoms with van der Waals surface area (Å²) < 4.78 is 5.33. The second-order valence-corrected chi connectivity index (χ2v) is 5.13. The quantitative estimate of drug-likeness (QED) is 0.845. The lowest BCUT2D eigenvalue weighted by Crippen LogP contribution is -2.21. The number of ether oxygens (including phenoxy) is 1. The van der Waals surface area contributed by atoms with E-state index in [4.69, 9.17) is 33.7 Å². The predicted molar refractivity (Wildman–Crippen MR) is 78.3 cm³/mol. The first kappa shape index (κ1) is 16.4. The van der Waals surface area contributed by atoms with Crippen molar-refractivity contribution in [3.8, 4) is 5.75 Å². The van der Waals surface area contributed by atoms with E-state index < -0.39 is 5.91 Å². The van der Waals surface area contributed by atoms with Crippen molar-refractivity contribution < 1.29 is 9.53 Å². The minimum atomic E-state index is -0.540. The van der Waals surface area contributed by atoms with E-state index >= 15 is 0 Å². The summed E-state index contributed by atoms with van der Waals surface area (Å²) in [5.41, 5.74) is 5.89. The van der Waals surface area contributed by atoms with E-state index in [1.807, 2.05) is 0 Å². The molecule has 1 aromatic carbocycles. The first-order chi connectivity index (χ1) is 8.56. The first-order valence-corrected chi connectivity index (χ1v) is 6.44. The van der Waals surface area contributed by atoms with Gasteiger partial charge in [-0.3, -0.25) is 4.79 Å². The number of halogens is 3. The van der Waals surface area contributed by atoms with E-state index in [2.05, 4.69) is 5.32 Å². The van der Waals surface area contributed by atoms with Crippen molar-refractivity contribution in [3.05, 3.63) is 27.7 Å². The minimum Gasteiger partial charge on any atom is -0.482 e. The number of rotatable bonds is 6. The molecule has 106 valence electrons. The molecule has 0 aliphatic heterocycles. The molecule has 0 heterocycles. The summed E-state index contributed by atoms with van der Waals surface area (Å²) in [5, 5.41) is 4.27. The zero-order chi connectivity index (χ0) is 13.1. The maximum atomic E-state index is 10.8. The van der Waals surface area contributed by atoms with Crippen molar-refractivity contribution in [2.75, 3.05) is 6.61 Å². The van der Waals surface area contributed by atoms with Gasteiger partial charge in [-0.2, -0.15) is 0 Å². The third-order valence-electron chi connectivity index (χ3n) is 2.60. The van der Waals surface area contributed by atoms with E-state index in [1.165, 1.54) is 12.8 Å². The summed E-state index contributed by atoms with van der Waals surface area (Å²) in [6.07, 6.45) is 2.37. The van der Waals surface area contributed by atoms with Crippen LogP contribution in [0.5, 0.6) is 5.75 Å². The molecule has 0 spiro atoms. The monoisotopic (exact) mass is 324 g/mol. The van der Waals surface area contributed by atoms with Crippen molar-refractivity contribution in [3.63, 3.8) is 0 Å². The van der Waals surface area contributed by atoms with Crippen LogP contribution < -0.4 is 15.8 Å². The second-order valence-electron chi connectivity index (χ2n) is 4.29. The molecule has 1 aromatic rings. The molecule has 4 nitrogen and oxygen atoms in total. The number of nitrogens with two attached hydrogens (primary N) is 1. The van der Waals surface area contributed by atoms with Crippen LogP contribution in [0.3, 0.4) is 0 Å². The lowest BCUT2D eigenvalue weighted by atomic mass is 10.2. The normalized spacial score (nSPS) is 13.8. The lowest BCUT2D eigenvalue weighted by Gasteiger charge is -2.13. The smallest absolute Gasteiger partial charge is 0.255 e. The molecular formula is C12H15Cl3N2O2. The van der Waals surface area contributed by atoms with E-state index in [9.17, 15) is 4.79 Å². The van der Waals surface area contributed by atoms with E-state index in [1.54, 1.807) is 12.1 Å². The van der Waals surface area contributed by atoms with Crippen molar-refractivity contribution in [2.24, 2.45) is 5.73 Å². The van der Waals surface area contributed by atoms with Gasteiger partial charge in [-0.25, -0.2) is 0 Å². The molecule has 1 saturated carbocycles. The lowest BCUT2D eigenvalue weighted by molar-refractivity contribution is -0.119. The zero-order valence-electron chi connectivity index (χ0n) is 10.1. The largest absolute Gasteiger partial charge is 0.482 e. The van der Waals surface area contributed by atoms with Gasteiger partial charge in [-0.05, 0) is 25.0 Å². The number of carbonyl (C=O) groups excluding carboxylic acids is 1. The molecule has 0 bridgehead atoms. The van der Waals surface area contributed by atoms with E-state index in [-0.39, 0.29) is 19.0 Å². The molecule has 1 fully saturated rings. The van der Waals surface area contributed by atoms with Gasteiger partial charge in [-0.15, -0.1) is 12.4 Å². The SMILES string of the molecule is Cl.NC(=O)COc1c(Cl)cc(Cl)cc1CNC1CC1. The summed E-state index contributed by atoms with van der Waals surface area (Å²) in [6, 6.07) is 3.92. The maximum absolute atomic E-state index is 10.8. The first-order valence-electron chi connectivity index (χ1n) is 5.68. The third-order valence-corrected chi connectivity index (χ3v) is 3.10. The molecule has 0 unspecified atom stereocenters. The number of nitrogens with one attached hydrogen (secondary N) is 1. The average molecular weight is 326 g/mol. The summed E-state index contributed by atoms with van der Waals surface area (Å²) in [5.74, 6) is -0.0739.